The summed E-state index contributed by atoms with van der Waals surface area (Å²) in [6, 6.07) is 0.433. The molecule has 1 heterocycles. The van der Waals surface area contributed by atoms with Gasteiger partial charge in [0.1, 0.15) is 15.0 Å². The zero-order valence-electron chi connectivity index (χ0n) is 9.14. The van der Waals surface area contributed by atoms with Crippen molar-refractivity contribution in [3.63, 3.8) is 0 Å². The highest BCUT2D eigenvalue weighted by Gasteiger charge is 2.42. The van der Waals surface area contributed by atoms with E-state index >= 15 is 0 Å². The van der Waals surface area contributed by atoms with E-state index in [9.17, 15) is 31.1 Å². The number of rotatable bonds is 3. The van der Waals surface area contributed by atoms with Gasteiger partial charge in [-0.05, 0) is 22.6 Å². The molecular formula is C9H4F6INO3. The van der Waals surface area contributed by atoms with Crippen molar-refractivity contribution in [2.45, 2.75) is 19.0 Å². The first kappa shape index (κ1) is 16.8. The highest BCUT2D eigenvalue weighted by Crippen LogP contribution is 2.40. The van der Waals surface area contributed by atoms with Crippen LogP contribution in [-0.2, 0) is 17.4 Å². The molecule has 0 atom stereocenters. The third kappa shape index (κ3) is 4.68. The van der Waals surface area contributed by atoms with Crippen LogP contribution < -0.4 is 4.74 Å². The first-order chi connectivity index (χ1) is 8.90. The number of carboxylic acids is 1. The third-order valence-corrected chi connectivity index (χ3v) is 2.41. The molecule has 0 saturated heterocycles. The monoisotopic (exact) mass is 415 g/mol. The fourth-order valence-corrected chi connectivity index (χ4v) is 1.89. The topological polar surface area (TPSA) is 59.4 Å². The van der Waals surface area contributed by atoms with Crippen LogP contribution in [0.15, 0.2) is 6.07 Å². The maximum Gasteiger partial charge on any atom is 0.573 e. The van der Waals surface area contributed by atoms with Crippen molar-refractivity contribution < 1.29 is 41.0 Å². The number of alkyl halides is 6. The lowest BCUT2D eigenvalue weighted by Gasteiger charge is -2.17. The fraction of sp³-hybridized carbons (Fsp3) is 0.333. The van der Waals surface area contributed by atoms with Crippen molar-refractivity contribution in [3.8, 4) is 5.75 Å². The van der Waals surface area contributed by atoms with Crippen LogP contribution in [0.1, 0.15) is 11.3 Å². The van der Waals surface area contributed by atoms with Crippen LogP contribution in [0.2, 0.25) is 0 Å². The van der Waals surface area contributed by atoms with Gasteiger partial charge in [0.05, 0.1) is 12.1 Å². The highest BCUT2D eigenvalue weighted by molar-refractivity contribution is 14.1. The number of aliphatic carboxylic acids is 1. The molecule has 0 amide bonds. The molecule has 0 bridgehead atoms. The second kappa shape index (κ2) is 5.61. The number of pyridine rings is 1. The SMILES string of the molecule is O=C(O)Cc1nc(I)cc(OC(F)(F)F)c1C(F)(F)F. The molecule has 112 valence electrons. The van der Waals surface area contributed by atoms with Crippen LogP contribution in [-0.4, -0.2) is 22.4 Å². The molecule has 0 fully saturated rings. The zero-order chi connectivity index (χ0) is 15.7. The van der Waals surface area contributed by atoms with E-state index < -0.39 is 41.9 Å². The van der Waals surface area contributed by atoms with Crippen LogP contribution in [0, 0.1) is 3.70 Å². The normalized spacial score (nSPS) is 12.3. The maximum absolute atomic E-state index is 12.8. The van der Waals surface area contributed by atoms with E-state index in [1.165, 1.54) is 22.6 Å². The van der Waals surface area contributed by atoms with Gasteiger partial charge in [-0.1, -0.05) is 0 Å². The van der Waals surface area contributed by atoms with Crippen LogP contribution in [0.3, 0.4) is 0 Å². The number of carboxylic acid groups (broad SMARTS) is 1. The lowest BCUT2D eigenvalue weighted by Crippen LogP contribution is -2.23. The van der Waals surface area contributed by atoms with Gasteiger partial charge in [0, 0.05) is 6.07 Å². The van der Waals surface area contributed by atoms with E-state index in [-0.39, 0.29) is 3.70 Å². The Morgan fingerprint density at radius 1 is 1.30 bits per heavy atom. The average molecular weight is 415 g/mol. The van der Waals surface area contributed by atoms with Gasteiger partial charge >= 0.3 is 18.5 Å². The number of aromatic nitrogens is 1. The molecule has 1 N–H and O–H groups in total. The van der Waals surface area contributed by atoms with E-state index in [0.717, 1.165) is 0 Å². The first-order valence-corrected chi connectivity index (χ1v) is 5.72. The van der Waals surface area contributed by atoms with Gasteiger partial charge in [-0.2, -0.15) is 13.2 Å². The van der Waals surface area contributed by atoms with Crippen molar-refractivity contribution in [3.05, 3.63) is 21.0 Å². The van der Waals surface area contributed by atoms with Gasteiger partial charge in [0.25, 0.3) is 0 Å². The Morgan fingerprint density at radius 2 is 1.85 bits per heavy atom. The molecule has 4 nitrogen and oxygen atoms in total. The van der Waals surface area contributed by atoms with Gasteiger partial charge in [0.2, 0.25) is 0 Å². The Balaban J connectivity index is 3.48. The van der Waals surface area contributed by atoms with E-state index in [1.807, 2.05) is 0 Å². The largest absolute Gasteiger partial charge is 0.573 e. The van der Waals surface area contributed by atoms with E-state index in [1.54, 1.807) is 0 Å². The number of hydrogen-bond acceptors (Lipinski definition) is 3. The Morgan fingerprint density at radius 3 is 2.25 bits per heavy atom. The molecule has 0 saturated carbocycles. The zero-order valence-corrected chi connectivity index (χ0v) is 11.3. The second-order valence-corrected chi connectivity index (χ2v) is 4.49. The molecule has 0 spiro atoms. The van der Waals surface area contributed by atoms with Crippen molar-refractivity contribution >= 4 is 28.6 Å². The molecule has 0 aliphatic rings. The van der Waals surface area contributed by atoms with Gasteiger partial charge < -0.3 is 9.84 Å². The van der Waals surface area contributed by atoms with Gasteiger partial charge in [0.15, 0.2) is 0 Å². The summed E-state index contributed by atoms with van der Waals surface area (Å²) in [7, 11) is 0. The number of nitrogens with zero attached hydrogens (tertiary/aromatic N) is 1. The molecule has 11 heteroatoms. The summed E-state index contributed by atoms with van der Waals surface area (Å²) in [5.74, 6) is -3.19. The number of ether oxygens (including phenoxy) is 1. The molecule has 1 rings (SSSR count). The molecule has 0 radical (unpaired) electrons. The Hall–Kier alpha value is -1.27. The molecular weight excluding hydrogens is 411 g/mol. The van der Waals surface area contributed by atoms with Crippen LogP contribution >= 0.6 is 22.6 Å². The molecule has 1 aromatic rings. The van der Waals surface area contributed by atoms with Crippen LogP contribution in [0.4, 0.5) is 26.3 Å². The summed E-state index contributed by atoms with van der Waals surface area (Å²) >= 11 is 1.36. The predicted octanol–water partition coefficient (Wildman–Crippen LogP) is 3.23. The van der Waals surface area contributed by atoms with E-state index in [0.29, 0.717) is 6.07 Å². The lowest BCUT2D eigenvalue weighted by molar-refractivity contribution is -0.276. The van der Waals surface area contributed by atoms with Crippen molar-refractivity contribution in [1.82, 2.24) is 4.98 Å². The molecule has 0 aromatic carbocycles. The van der Waals surface area contributed by atoms with Crippen LogP contribution in [0.5, 0.6) is 5.75 Å². The second-order valence-electron chi connectivity index (χ2n) is 3.38. The summed E-state index contributed by atoms with van der Waals surface area (Å²) in [6.45, 7) is 0. The third-order valence-electron chi connectivity index (χ3n) is 1.85. The lowest BCUT2D eigenvalue weighted by atomic mass is 10.1. The first-order valence-electron chi connectivity index (χ1n) is 4.64. The van der Waals surface area contributed by atoms with Crippen molar-refractivity contribution in [1.29, 1.82) is 0 Å². The predicted molar refractivity (Wildman–Crippen MR) is 60.0 cm³/mol. The number of carbonyl (C=O) groups is 1. The Kier molecular flexibility index (Phi) is 4.71. The maximum atomic E-state index is 12.8. The van der Waals surface area contributed by atoms with Gasteiger partial charge in [-0.15, -0.1) is 13.2 Å². The standard InChI is InChI=1S/C9H4F6INO3/c10-8(11,12)7-3(1-6(18)19)17-5(16)2-4(7)20-9(13,14)15/h2H,1H2,(H,18,19). The molecule has 0 aliphatic heterocycles. The summed E-state index contributed by atoms with van der Waals surface area (Å²) < 4.78 is 77.7. The highest BCUT2D eigenvalue weighted by atomic mass is 127. The van der Waals surface area contributed by atoms with E-state index in [2.05, 4.69) is 9.72 Å². The summed E-state index contributed by atoms with van der Waals surface area (Å²) in [4.78, 5) is 13.8. The Labute approximate surface area is 120 Å². The summed E-state index contributed by atoms with van der Waals surface area (Å²) in [5.41, 5.74) is -2.89. The minimum Gasteiger partial charge on any atom is -0.481 e. The van der Waals surface area contributed by atoms with Gasteiger partial charge in [-0.25, -0.2) is 4.98 Å². The Bertz CT molecular complexity index is 528. The minimum atomic E-state index is -5.34. The fourth-order valence-electron chi connectivity index (χ4n) is 1.32. The van der Waals surface area contributed by atoms with Crippen molar-refractivity contribution in [2.24, 2.45) is 0 Å². The average Bonchev–Trinajstić information content (AvgIpc) is 2.08. The van der Waals surface area contributed by atoms with E-state index in [4.69, 9.17) is 5.11 Å². The molecule has 0 unspecified atom stereocenters. The molecule has 1 aromatic heterocycles. The number of halogens is 7. The summed E-state index contributed by atoms with van der Waals surface area (Å²) in [6.07, 6.45) is -11.8. The smallest absolute Gasteiger partial charge is 0.481 e. The number of hydrogen-bond donors (Lipinski definition) is 1. The van der Waals surface area contributed by atoms with Crippen molar-refractivity contribution in [2.75, 3.05) is 0 Å². The quantitative estimate of drug-likeness (QED) is 0.468. The van der Waals surface area contributed by atoms with Gasteiger partial charge in [-0.3, -0.25) is 4.79 Å². The molecule has 20 heavy (non-hydrogen) atoms. The minimum absolute atomic E-state index is 0.258. The van der Waals surface area contributed by atoms with Crippen LogP contribution in [0.25, 0.3) is 0 Å². The molecule has 0 aliphatic carbocycles. The summed E-state index contributed by atoms with van der Waals surface area (Å²) in [5, 5.41) is 8.50.